The first-order valence-electron chi connectivity index (χ1n) is 7.08. The van der Waals surface area contributed by atoms with E-state index in [0.717, 1.165) is 6.26 Å². The second-order valence-electron chi connectivity index (χ2n) is 4.98. The first-order valence-corrected chi connectivity index (χ1v) is 9.35. The van der Waals surface area contributed by atoms with Gasteiger partial charge in [0.05, 0.1) is 11.4 Å². The van der Waals surface area contributed by atoms with Crippen LogP contribution in [0.2, 0.25) is 5.02 Å². The van der Waals surface area contributed by atoms with Gasteiger partial charge in [0.15, 0.2) is 9.84 Å². The van der Waals surface area contributed by atoms with Crippen LogP contribution in [0.25, 0.3) is 0 Å². The van der Waals surface area contributed by atoms with Crippen molar-refractivity contribution in [3.63, 3.8) is 0 Å². The van der Waals surface area contributed by atoms with Gasteiger partial charge in [0, 0.05) is 17.0 Å². The molecular weight excluding hydrogens is 352 g/mol. The van der Waals surface area contributed by atoms with Crippen LogP contribution in [-0.4, -0.2) is 33.9 Å². The number of carbonyl (C=O) groups is 1. The standard InChI is InChI=1S/C16H17ClN2O4S/c1-24(21,22)15-4-2-3-13(11-15)19-16(20)18-9-10-23-14-7-5-12(17)6-8-14/h2-8,11H,9-10H2,1H3,(H2,18,19,20). The normalized spacial score (nSPS) is 10.9. The van der Waals surface area contributed by atoms with Gasteiger partial charge in [-0.25, -0.2) is 13.2 Å². The molecule has 0 unspecified atom stereocenters. The minimum atomic E-state index is -3.32. The quantitative estimate of drug-likeness (QED) is 0.768. The number of urea groups is 1. The van der Waals surface area contributed by atoms with Gasteiger partial charge < -0.3 is 15.4 Å². The van der Waals surface area contributed by atoms with Crippen molar-refractivity contribution in [2.75, 3.05) is 24.7 Å². The van der Waals surface area contributed by atoms with Crippen molar-refractivity contribution in [2.24, 2.45) is 0 Å². The number of sulfone groups is 1. The molecule has 24 heavy (non-hydrogen) atoms. The van der Waals surface area contributed by atoms with Crippen LogP contribution in [0.1, 0.15) is 0 Å². The molecule has 0 saturated carbocycles. The Morgan fingerprint density at radius 1 is 1.17 bits per heavy atom. The Morgan fingerprint density at radius 2 is 1.88 bits per heavy atom. The number of anilines is 1. The Labute approximate surface area is 145 Å². The van der Waals surface area contributed by atoms with Crippen LogP contribution < -0.4 is 15.4 Å². The van der Waals surface area contributed by atoms with Crippen molar-refractivity contribution >= 4 is 33.2 Å². The van der Waals surface area contributed by atoms with Crippen molar-refractivity contribution in [3.8, 4) is 5.75 Å². The van der Waals surface area contributed by atoms with Crippen LogP contribution in [0.15, 0.2) is 53.4 Å². The second-order valence-corrected chi connectivity index (χ2v) is 7.44. The van der Waals surface area contributed by atoms with Crippen molar-refractivity contribution in [1.82, 2.24) is 5.32 Å². The lowest BCUT2D eigenvalue weighted by molar-refractivity contribution is 0.247. The monoisotopic (exact) mass is 368 g/mol. The molecule has 0 fully saturated rings. The van der Waals surface area contributed by atoms with Gasteiger partial charge in [-0.3, -0.25) is 0 Å². The predicted molar refractivity (Wildman–Crippen MR) is 93.5 cm³/mol. The molecule has 0 aliphatic carbocycles. The van der Waals surface area contributed by atoms with Crippen LogP contribution in [-0.2, 0) is 9.84 Å². The topological polar surface area (TPSA) is 84.5 Å². The van der Waals surface area contributed by atoms with Crippen LogP contribution in [0.4, 0.5) is 10.5 Å². The van der Waals surface area contributed by atoms with Crippen LogP contribution >= 0.6 is 11.6 Å². The molecule has 0 aliphatic rings. The molecule has 128 valence electrons. The van der Waals surface area contributed by atoms with E-state index in [9.17, 15) is 13.2 Å². The minimum Gasteiger partial charge on any atom is -0.492 e. The molecule has 6 nitrogen and oxygen atoms in total. The predicted octanol–water partition coefficient (Wildman–Crippen LogP) is 2.94. The number of halogens is 1. The van der Waals surface area contributed by atoms with Crippen molar-refractivity contribution in [1.29, 1.82) is 0 Å². The fraction of sp³-hybridized carbons (Fsp3) is 0.188. The zero-order valence-corrected chi connectivity index (χ0v) is 14.5. The maximum atomic E-state index is 11.8. The smallest absolute Gasteiger partial charge is 0.319 e. The average Bonchev–Trinajstić information content (AvgIpc) is 2.53. The van der Waals surface area contributed by atoms with Gasteiger partial charge in [-0.2, -0.15) is 0 Å². The highest BCUT2D eigenvalue weighted by molar-refractivity contribution is 7.90. The van der Waals surface area contributed by atoms with E-state index >= 15 is 0 Å². The number of amides is 2. The lowest BCUT2D eigenvalue weighted by atomic mass is 10.3. The molecule has 2 aromatic carbocycles. The lowest BCUT2D eigenvalue weighted by Crippen LogP contribution is -2.32. The summed E-state index contributed by atoms with van der Waals surface area (Å²) >= 11 is 5.77. The molecule has 2 amide bonds. The molecule has 0 atom stereocenters. The van der Waals surface area contributed by atoms with E-state index in [1.54, 1.807) is 36.4 Å². The summed E-state index contributed by atoms with van der Waals surface area (Å²) in [5, 5.41) is 5.81. The first kappa shape index (κ1) is 18.1. The van der Waals surface area contributed by atoms with Gasteiger partial charge >= 0.3 is 6.03 Å². The van der Waals surface area contributed by atoms with Gasteiger partial charge in [-0.1, -0.05) is 17.7 Å². The van der Waals surface area contributed by atoms with Crippen molar-refractivity contribution in [2.45, 2.75) is 4.90 Å². The summed E-state index contributed by atoms with van der Waals surface area (Å²) < 4.78 is 28.4. The molecule has 0 aromatic heterocycles. The van der Waals surface area contributed by atoms with E-state index in [4.69, 9.17) is 16.3 Å². The third-order valence-corrected chi connectivity index (χ3v) is 4.35. The van der Waals surface area contributed by atoms with Crippen LogP contribution in [0, 0.1) is 0 Å². The molecule has 8 heteroatoms. The summed E-state index contributed by atoms with van der Waals surface area (Å²) in [6.45, 7) is 0.582. The Bertz CT molecular complexity index is 807. The van der Waals surface area contributed by atoms with Crippen LogP contribution in [0.5, 0.6) is 5.75 Å². The van der Waals surface area contributed by atoms with Gasteiger partial charge in [0.2, 0.25) is 0 Å². The number of rotatable bonds is 6. The van der Waals surface area contributed by atoms with E-state index in [1.165, 1.54) is 12.1 Å². The Balaban J connectivity index is 1.78. The summed E-state index contributed by atoms with van der Waals surface area (Å²) in [5.41, 5.74) is 0.397. The molecule has 0 saturated heterocycles. The molecule has 2 N–H and O–H groups in total. The molecule has 0 aliphatic heterocycles. The zero-order valence-electron chi connectivity index (χ0n) is 13.0. The highest BCUT2D eigenvalue weighted by Gasteiger charge is 2.08. The number of hydrogen-bond acceptors (Lipinski definition) is 4. The summed E-state index contributed by atoms with van der Waals surface area (Å²) in [6.07, 6.45) is 1.11. The second kappa shape index (κ2) is 8.03. The molecular formula is C16H17ClN2O4S. The maximum Gasteiger partial charge on any atom is 0.319 e. The Kier molecular flexibility index (Phi) is 6.05. The highest BCUT2D eigenvalue weighted by Crippen LogP contribution is 2.16. The van der Waals surface area contributed by atoms with E-state index in [-0.39, 0.29) is 4.90 Å². The van der Waals surface area contributed by atoms with Crippen molar-refractivity contribution in [3.05, 3.63) is 53.6 Å². The summed E-state index contributed by atoms with van der Waals surface area (Å²) in [6, 6.07) is 12.5. The van der Waals surface area contributed by atoms with Crippen molar-refractivity contribution < 1.29 is 17.9 Å². The molecule has 0 heterocycles. The number of nitrogens with one attached hydrogen (secondary N) is 2. The van der Waals surface area contributed by atoms with E-state index in [0.29, 0.717) is 29.6 Å². The summed E-state index contributed by atoms with van der Waals surface area (Å²) in [5.74, 6) is 0.655. The van der Waals surface area contributed by atoms with Gasteiger partial charge in [-0.15, -0.1) is 0 Å². The maximum absolute atomic E-state index is 11.8. The SMILES string of the molecule is CS(=O)(=O)c1cccc(NC(=O)NCCOc2ccc(Cl)cc2)c1. The first-order chi connectivity index (χ1) is 11.3. The van der Waals surface area contributed by atoms with Crippen LogP contribution in [0.3, 0.4) is 0 Å². The van der Waals surface area contributed by atoms with E-state index < -0.39 is 15.9 Å². The highest BCUT2D eigenvalue weighted by atomic mass is 35.5. The summed E-state index contributed by atoms with van der Waals surface area (Å²) in [7, 11) is -3.32. The number of hydrogen-bond donors (Lipinski definition) is 2. The third-order valence-electron chi connectivity index (χ3n) is 2.99. The average molecular weight is 369 g/mol. The zero-order chi connectivity index (χ0) is 17.6. The van der Waals surface area contributed by atoms with Gasteiger partial charge in [0.1, 0.15) is 12.4 Å². The molecule has 2 aromatic rings. The molecule has 2 rings (SSSR count). The Morgan fingerprint density at radius 3 is 2.54 bits per heavy atom. The molecule has 0 bridgehead atoms. The lowest BCUT2D eigenvalue weighted by Gasteiger charge is -2.10. The molecule has 0 radical (unpaired) electrons. The number of benzene rings is 2. The minimum absolute atomic E-state index is 0.145. The largest absolute Gasteiger partial charge is 0.492 e. The van der Waals surface area contributed by atoms with Gasteiger partial charge in [-0.05, 0) is 42.5 Å². The third kappa shape index (κ3) is 5.75. The van der Waals surface area contributed by atoms with E-state index in [1.807, 2.05) is 0 Å². The van der Waals surface area contributed by atoms with Gasteiger partial charge in [0.25, 0.3) is 0 Å². The van der Waals surface area contributed by atoms with E-state index in [2.05, 4.69) is 10.6 Å². The fourth-order valence-corrected chi connectivity index (χ4v) is 2.64. The fourth-order valence-electron chi connectivity index (χ4n) is 1.84. The molecule has 0 spiro atoms. The summed E-state index contributed by atoms with van der Waals surface area (Å²) in [4.78, 5) is 11.9. The number of carbonyl (C=O) groups excluding carboxylic acids is 1. The number of ether oxygens (including phenoxy) is 1. The Hall–Kier alpha value is -2.25.